The van der Waals surface area contributed by atoms with Gasteiger partial charge in [0.2, 0.25) is 0 Å². The Balaban J connectivity index is 1.43. The lowest BCUT2D eigenvalue weighted by Crippen LogP contribution is -2.35. The second kappa shape index (κ2) is 10.2. The molecule has 0 bridgehead atoms. The molecular formula is C26H27N5O3. The lowest BCUT2D eigenvalue weighted by atomic mass is 10.1. The molecule has 0 spiro atoms. The molecule has 8 nitrogen and oxygen atoms in total. The van der Waals surface area contributed by atoms with Crippen LogP contribution in [-0.2, 0) is 4.74 Å². The fourth-order valence-electron chi connectivity index (χ4n) is 4.13. The number of anilines is 1. The molecule has 4 rings (SSSR count). The number of benzene rings is 2. The summed E-state index contributed by atoms with van der Waals surface area (Å²) in [5.74, 6) is -0.396. The van der Waals surface area contributed by atoms with Gasteiger partial charge in [0, 0.05) is 37.4 Å². The molecule has 34 heavy (non-hydrogen) atoms. The summed E-state index contributed by atoms with van der Waals surface area (Å²) in [7, 11) is 0. The largest absolute Gasteiger partial charge is 0.462 e. The van der Waals surface area contributed by atoms with Crippen molar-refractivity contribution in [2.45, 2.75) is 20.3 Å². The minimum atomic E-state index is -0.394. The maximum Gasteiger partial charge on any atom is 0.341 e. The summed E-state index contributed by atoms with van der Waals surface area (Å²) in [5.41, 5.74) is 4.21. The number of nitrogens with zero attached hydrogens (tertiary/aromatic N) is 5. The predicted molar refractivity (Wildman–Crippen MR) is 128 cm³/mol. The molecule has 0 aliphatic carbocycles. The number of rotatable bonds is 5. The first-order valence-corrected chi connectivity index (χ1v) is 11.4. The molecule has 2 aromatic carbocycles. The topological polar surface area (TPSA) is 91.5 Å². The minimum absolute atomic E-state index is 0.00220. The van der Waals surface area contributed by atoms with Gasteiger partial charge in [0.05, 0.1) is 35.8 Å². The van der Waals surface area contributed by atoms with E-state index in [-0.39, 0.29) is 5.91 Å². The molecule has 0 unspecified atom stereocenters. The van der Waals surface area contributed by atoms with Gasteiger partial charge >= 0.3 is 5.97 Å². The maximum atomic E-state index is 13.1. The van der Waals surface area contributed by atoms with Crippen LogP contribution < -0.4 is 4.90 Å². The van der Waals surface area contributed by atoms with Gasteiger partial charge in [-0.1, -0.05) is 0 Å². The lowest BCUT2D eigenvalue weighted by molar-refractivity contribution is 0.0525. The van der Waals surface area contributed by atoms with Crippen molar-refractivity contribution in [3.63, 3.8) is 0 Å². The van der Waals surface area contributed by atoms with E-state index in [9.17, 15) is 9.59 Å². The molecular weight excluding hydrogens is 430 g/mol. The summed E-state index contributed by atoms with van der Waals surface area (Å²) in [6.45, 7) is 6.80. The van der Waals surface area contributed by atoms with Gasteiger partial charge in [-0.15, -0.1) is 0 Å². The zero-order valence-electron chi connectivity index (χ0n) is 19.4. The number of amides is 1. The standard InChI is InChI=1S/C26H27N5O3/c1-3-34-26(33)24-18-28-31(19(24)2)23-11-7-21(8-12-23)25(32)30-14-4-13-29(15-16-30)22-9-5-20(17-27)6-10-22/h5-12,18H,3-4,13-16H2,1-2H3. The Morgan fingerprint density at radius 1 is 1.00 bits per heavy atom. The number of ether oxygens (including phenoxy) is 1. The van der Waals surface area contributed by atoms with E-state index >= 15 is 0 Å². The quantitative estimate of drug-likeness (QED) is 0.544. The summed E-state index contributed by atoms with van der Waals surface area (Å²) >= 11 is 0. The molecule has 0 N–H and O–H groups in total. The van der Waals surface area contributed by atoms with E-state index < -0.39 is 5.97 Å². The highest BCUT2D eigenvalue weighted by molar-refractivity contribution is 5.94. The van der Waals surface area contributed by atoms with Crippen LogP contribution >= 0.6 is 0 Å². The van der Waals surface area contributed by atoms with Gasteiger partial charge in [-0.3, -0.25) is 4.79 Å². The Morgan fingerprint density at radius 2 is 1.71 bits per heavy atom. The van der Waals surface area contributed by atoms with Gasteiger partial charge in [0.25, 0.3) is 5.91 Å². The van der Waals surface area contributed by atoms with Gasteiger partial charge in [-0.2, -0.15) is 10.4 Å². The number of hydrogen-bond donors (Lipinski definition) is 0. The highest BCUT2D eigenvalue weighted by Gasteiger charge is 2.21. The number of carbonyl (C=O) groups is 2. The predicted octanol–water partition coefficient (Wildman–Crippen LogP) is 3.58. The van der Waals surface area contributed by atoms with E-state index in [1.807, 2.05) is 48.2 Å². The van der Waals surface area contributed by atoms with E-state index in [2.05, 4.69) is 16.1 Å². The summed E-state index contributed by atoms with van der Waals surface area (Å²) in [6.07, 6.45) is 2.37. The smallest absolute Gasteiger partial charge is 0.341 e. The van der Waals surface area contributed by atoms with Crippen LogP contribution in [0.15, 0.2) is 54.7 Å². The maximum absolute atomic E-state index is 13.1. The molecule has 174 valence electrons. The van der Waals surface area contributed by atoms with Crippen LogP contribution in [0.2, 0.25) is 0 Å². The molecule has 0 saturated carbocycles. The Kier molecular flexibility index (Phi) is 6.93. The van der Waals surface area contributed by atoms with Crippen molar-refractivity contribution >= 4 is 17.6 Å². The van der Waals surface area contributed by atoms with Crippen molar-refractivity contribution in [2.24, 2.45) is 0 Å². The third kappa shape index (κ3) is 4.79. The molecule has 0 radical (unpaired) electrons. The first-order chi connectivity index (χ1) is 16.5. The van der Waals surface area contributed by atoms with Gasteiger partial charge in [0.15, 0.2) is 0 Å². The Labute approximate surface area is 199 Å². The van der Waals surface area contributed by atoms with Gasteiger partial charge < -0.3 is 14.5 Å². The van der Waals surface area contributed by atoms with Crippen molar-refractivity contribution in [3.8, 4) is 11.8 Å². The van der Waals surface area contributed by atoms with E-state index in [0.717, 1.165) is 30.9 Å². The highest BCUT2D eigenvalue weighted by Crippen LogP contribution is 2.20. The van der Waals surface area contributed by atoms with Crippen LogP contribution in [0, 0.1) is 18.3 Å². The van der Waals surface area contributed by atoms with Crippen LogP contribution in [0.5, 0.6) is 0 Å². The second-order valence-electron chi connectivity index (χ2n) is 8.11. The number of hydrogen-bond acceptors (Lipinski definition) is 6. The molecule has 2 heterocycles. The Morgan fingerprint density at radius 3 is 2.38 bits per heavy atom. The van der Waals surface area contributed by atoms with Crippen molar-refractivity contribution < 1.29 is 14.3 Å². The summed E-state index contributed by atoms with van der Waals surface area (Å²) in [4.78, 5) is 29.3. The van der Waals surface area contributed by atoms with Gasteiger partial charge in [0.1, 0.15) is 5.56 Å². The van der Waals surface area contributed by atoms with E-state index in [1.54, 1.807) is 23.7 Å². The highest BCUT2D eigenvalue weighted by atomic mass is 16.5. The van der Waals surface area contributed by atoms with Crippen LogP contribution in [0.1, 0.15) is 45.3 Å². The summed E-state index contributed by atoms with van der Waals surface area (Å²) < 4.78 is 6.74. The van der Waals surface area contributed by atoms with Gasteiger partial charge in [-0.25, -0.2) is 9.48 Å². The monoisotopic (exact) mass is 457 g/mol. The van der Waals surface area contributed by atoms with Gasteiger partial charge in [-0.05, 0) is 68.8 Å². The lowest BCUT2D eigenvalue weighted by Gasteiger charge is -2.24. The fourth-order valence-corrected chi connectivity index (χ4v) is 4.13. The third-order valence-corrected chi connectivity index (χ3v) is 6.01. The second-order valence-corrected chi connectivity index (χ2v) is 8.11. The Bertz CT molecular complexity index is 1210. The van der Waals surface area contributed by atoms with Crippen LogP contribution in [0.25, 0.3) is 5.69 Å². The molecule has 0 atom stereocenters. The first-order valence-electron chi connectivity index (χ1n) is 11.4. The zero-order valence-corrected chi connectivity index (χ0v) is 19.4. The number of nitriles is 1. The number of aromatic nitrogens is 2. The Hall–Kier alpha value is -4.12. The molecule has 1 aliphatic heterocycles. The van der Waals surface area contributed by atoms with E-state index in [1.165, 1.54) is 6.20 Å². The third-order valence-electron chi connectivity index (χ3n) is 6.01. The SMILES string of the molecule is CCOC(=O)c1cnn(-c2ccc(C(=O)N3CCCN(c4ccc(C#N)cc4)CC3)cc2)c1C. The minimum Gasteiger partial charge on any atom is -0.462 e. The number of esters is 1. The average molecular weight is 458 g/mol. The number of carbonyl (C=O) groups excluding carboxylic acids is 2. The summed E-state index contributed by atoms with van der Waals surface area (Å²) in [5, 5.41) is 13.3. The molecule has 1 amide bonds. The van der Waals surface area contributed by atoms with E-state index in [4.69, 9.17) is 10.00 Å². The molecule has 8 heteroatoms. The molecule has 1 fully saturated rings. The van der Waals surface area contributed by atoms with Crippen LogP contribution in [0.3, 0.4) is 0 Å². The van der Waals surface area contributed by atoms with Crippen molar-refractivity contribution in [3.05, 3.63) is 77.1 Å². The van der Waals surface area contributed by atoms with Crippen LogP contribution in [0.4, 0.5) is 5.69 Å². The molecule has 1 aromatic heterocycles. The zero-order chi connectivity index (χ0) is 24.1. The molecule has 1 aliphatic rings. The van der Waals surface area contributed by atoms with Crippen molar-refractivity contribution in [2.75, 3.05) is 37.7 Å². The first kappa shape index (κ1) is 23.1. The molecule has 3 aromatic rings. The van der Waals surface area contributed by atoms with E-state index in [0.29, 0.717) is 42.1 Å². The van der Waals surface area contributed by atoms with Crippen LogP contribution in [-0.4, -0.2) is 59.3 Å². The van der Waals surface area contributed by atoms with Crippen molar-refractivity contribution in [1.29, 1.82) is 5.26 Å². The summed E-state index contributed by atoms with van der Waals surface area (Å²) in [6, 6.07) is 17.0. The van der Waals surface area contributed by atoms with Crippen molar-refractivity contribution in [1.82, 2.24) is 14.7 Å². The normalized spacial score (nSPS) is 13.8. The molecule has 1 saturated heterocycles. The average Bonchev–Trinajstić information content (AvgIpc) is 3.09. The fraction of sp³-hybridized carbons (Fsp3) is 0.308.